The van der Waals surface area contributed by atoms with Crippen LogP contribution in [-0.2, 0) is 10.0 Å². The highest BCUT2D eigenvalue weighted by molar-refractivity contribution is 7.92. The lowest BCUT2D eigenvalue weighted by molar-refractivity contribution is 0.598. The van der Waals surface area contributed by atoms with Crippen LogP contribution in [-0.4, -0.2) is 23.2 Å². The van der Waals surface area contributed by atoms with Crippen molar-refractivity contribution in [1.29, 1.82) is 0 Å². The molecule has 0 saturated heterocycles. The first-order valence-electron chi connectivity index (χ1n) is 10.7. The third-order valence-corrected chi connectivity index (χ3v) is 7.30. The summed E-state index contributed by atoms with van der Waals surface area (Å²) in [6.07, 6.45) is 2.01. The molecule has 0 spiro atoms. The van der Waals surface area contributed by atoms with Crippen LogP contribution in [0.2, 0.25) is 5.02 Å². The topological polar surface area (TPSA) is 88.9 Å². The molecule has 1 unspecified atom stereocenters. The van der Waals surface area contributed by atoms with Crippen molar-refractivity contribution in [1.82, 2.24) is 14.8 Å². The maximum absolute atomic E-state index is 12.9. The summed E-state index contributed by atoms with van der Waals surface area (Å²) in [6, 6.07) is 21.8. The van der Waals surface area contributed by atoms with Gasteiger partial charge in [-0.2, -0.15) is 4.98 Å². The second-order valence-electron chi connectivity index (χ2n) is 8.16. The zero-order chi connectivity index (χ0) is 23.9. The molecule has 1 aliphatic heterocycles. The number of anilines is 2. The Morgan fingerprint density at radius 3 is 2.26 bits per heavy atom. The van der Waals surface area contributed by atoms with Crippen molar-refractivity contribution in [3.63, 3.8) is 0 Å². The number of sulfonamides is 1. The molecule has 1 aliphatic rings. The van der Waals surface area contributed by atoms with Crippen LogP contribution in [0.1, 0.15) is 28.3 Å². The number of aromatic nitrogens is 3. The van der Waals surface area contributed by atoms with Crippen molar-refractivity contribution in [2.75, 3.05) is 10.0 Å². The van der Waals surface area contributed by atoms with Crippen LogP contribution in [0.3, 0.4) is 0 Å². The van der Waals surface area contributed by atoms with Crippen molar-refractivity contribution in [3.8, 4) is 0 Å². The van der Waals surface area contributed by atoms with E-state index < -0.39 is 10.0 Å². The van der Waals surface area contributed by atoms with Crippen LogP contribution in [0.4, 0.5) is 11.9 Å². The van der Waals surface area contributed by atoms with E-state index >= 15 is 0 Å². The van der Waals surface area contributed by atoms with Crippen molar-refractivity contribution >= 4 is 39.2 Å². The molecule has 2 heterocycles. The largest absolute Gasteiger partial charge is 0.324 e. The normalized spacial score (nSPS) is 15.3. The van der Waals surface area contributed by atoms with Gasteiger partial charge in [-0.05, 0) is 49.2 Å². The van der Waals surface area contributed by atoms with Gasteiger partial charge in [-0.3, -0.25) is 0 Å². The number of nitrogens with zero attached hydrogens (tertiary/aromatic N) is 3. The molecule has 0 bridgehead atoms. The Bertz CT molecular complexity index is 1490. The van der Waals surface area contributed by atoms with Crippen LogP contribution in [0.15, 0.2) is 83.8 Å². The van der Waals surface area contributed by atoms with Crippen LogP contribution >= 0.6 is 11.6 Å². The summed E-state index contributed by atoms with van der Waals surface area (Å²) in [5.74, 6) is 0.378. The fraction of sp³-hybridized carbons (Fsp3) is 0.120. The van der Waals surface area contributed by atoms with E-state index in [9.17, 15) is 8.42 Å². The monoisotopic (exact) mass is 491 g/mol. The number of allylic oxidation sites excluding steroid dienone is 1. The molecule has 7 nitrogen and oxygen atoms in total. The molecule has 2 N–H and O–H groups in total. The Kier molecular flexibility index (Phi) is 5.63. The Labute approximate surface area is 203 Å². The molecule has 9 heteroatoms. The SMILES string of the molecule is Cc1ccc(C2=CC(c3ccccc3Cl)n3nc(NS(=O)(=O)c4ccc(C)cc4)nc3N2)cc1. The minimum absolute atomic E-state index is 0.0290. The summed E-state index contributed by atoms with van der Waals surface area (Å²) in [6.45, 7) is 3.93. The Hall–Kier alpha value is -3.62. The number of benzene rings is 3. The molecule has 0 fully saturated rings. The zero-order valence-electron chi connectivity index (χ0n) is 18.5. The fourth-order valence-electron chi connectivity index (χ4n) is 3.77. The van der Waals surface area contributed by atoms with Gasteiger partial charge in [0, 0.05) is 10.7 Å². The molecule has 0 saturated carbocycles. The van der Waals surface area contributed by atoms with Crippen LogP contribution in [0.25, 0.3) is 5.70 Å². The number of halogens is 1. The standard InChI is InChI=1S/C25H22ClN5O2S/c1-16-7-11-18(12-8-16)22-15-23(20-5-3-4-6-21(20)26)31-25(27-22)28-24(29-31)30-34(32,33)19-13-9-17(2)10-14-19/h3-15,23H,1-2H3,(H2,27,28,29,30). The average molecular weight is 492 g/mol. The number of fused-ring (bicyclic) bond motifs is 1. The van der Waals surface area contributed by atoms with Gasteiger partial charge in [0.1, 0.15) is 6.04 Å². The van der Waals surface area contributed by atoms with E-state index in [1.165, 1.54) is 0 Å². The molecular weight excluding hydrogens is 470 g/mol. The molecule has 0 amide bonds. The average Bonchev–Trinajstić information content (AvgIpc) is 3.21. The zero-order valence-corrected chi connectivity index (χ0v) is 20.1. The summed E-state index contributed by atoms with van der Waals surface area (Å²) in [7, 11) is -3.85. The summed E-state index contributed by atoms with van der Waals surface area (Å²) < 4.78 is 29.9. The van der Waals surface area contributed by atoms with Crippen LogP contribution in [0, 0.1) is 13.8 Å². The fourth-order valence-corrected chi connectivity index (χ4v) is 4.96. The molecule has 4 aromatic rings. The number of aryl methyl sites for hydroxylation is 2. The first kappa shape index (κ1) is 22.2. The molecular formula is C25H22ClN5O2S. The molecule has 0 aliphatic carbocycles. The number of nitrogens with one attached hydrogen (secondary N) is 2. The minimum Gasteiger partial charge on any atom is -0.324 e. The minimum atomic E-state index is -3.85. The van der Waals surface area contributed by atoms with Gasteiger partial charge >= 0.3 is 0 Å². The highest BCUT2D eigenvalue weighted by Gasteiger charge is 2.28. The summed E-state index contributed by atoms with van der Waals surface area (Å²) in [5.41, 5.74) is 4.75. The van der Waals surface area contributed by atoms with E-state index in [1.807, 2.05) is 68.5 Å². The van der Waals surface area contributed by atoms with E-state index in [4.69, 9.17) is 11.6 Å². The Balaban J connectivity index is 1.55. The lowest BCUT2D eigenvalue weighted by Gasteiger charge is -2.25. The van der Waals surface area contributed by atoms with Gasteiger partial charge in [0.15, 0.2) is 0 Å². The predicted molar refractivity (Wildman–Crippen MR) is 134 cm³/mol. The maximum Gasteiger partial charge on any atom is 0.264 e. The van der Waals surface area contributed by atoms with Gasteiger partial charge in [-0.15, -0.1) is 5.10 Å². The van der Waals surface area contributed by atoms with Gasteiger partial charge in [-0.25, -0.2) is 17.8 Å². The summed E-state index contributed by atoms with van der Waals surface area (Å²) >= 11 is 6.52. The number of hydrogen-bond donors (Lipinski definition) is 2. The van der Waals surface area contributed by atoms with Crippen molar-refractivity contribution in [2.24, 2.45) is 0 Å². The molecule has 1 aromatic heterocycles. The predicted octanol–water partition coefficient (Wildman–Crippen LogP) is 5.41. The molecule has 1 atom stereocenters. The highest BCUT2D eigenvalue weighted by atomic mass is 35.5. The smallest absolute Gasteiger partial charge is 0.264 e. The van der Waals surface area contributed by atoms with Gasteiger partial charge in [0.2, 0.25) is 5.95 Å². The summed E-state index contributed by atoms with van der Waals surface area (Å²) in [4.78, 5) is 4.58. The van der Waals surface area contributed by atoms with Crippen LogP contribution in [0.5, 0.6) is 0 Å². The van der Waals surface area contributed by atoms with Gasteiger partial charge in [-0.1, -0.05) is 77.3 Å². The lowest BCUT2D eigenvalue weighted by Crippen LogP contribution is -2.20. The maximum atomic E-state index is 12.9. The Morgan fingerprint density at radius 1 is 0.941 bits per heavy atom. The number of hydrogen-bond acceptors (Lipinski definition) is 5. The Morgan fingerprint density at radius 2 is 1.59 bits per heavy atom. The lowest BCUT2D eigenvalue weighted by atomic mass is 10.0. The first-order valence-corrected chi connectivity index (χ1v) is 12.5. The van der Waals surface area contributed by atoms with E-state index in [1.54, 1.807) is 28.9 Å². The van der Waals surface area contributed by atoms with Crippen LogP contribution < -0.4 is 10.0 Å². The first-order chi connectivity index (χ1) is 16.3. The molecule has 34 heavy (non-hydrogen) atoms. The quantitative estimate of drug-likeness (QED) is 0.390. The third-order valence-electron chi connectivity index (χ3n) is 5.61. The molecule has 172 valence electrons. The van der Waals surface area contributed by atoms with E-state index in [0.717, 1.165) is 28.0 Å². The van der Waals surface area contributed by atoms with Gasteiger partial charge < -0.3 is 5.32 Å². The second-order valence-corrected chi connectivity index (χ2v) is 10.2. The number of rotatable bonds is 5. The van der Waals surface area contributed by atoms with Gasteiger partial charge in [0.05, 0.1) is 4.90 Å². The summed E-state index contributed by atoms with van der Waals surface area (Å²) in [5, 5.41) is 8.33. The van der Waals surface area contributed by atoms with E-state index in [2.05, 4.69) is 20.1 Å². The third kappa shape index (κ3) is 4.30. The van der Waals surface area contributed by atoms with Gasteiger partial charge in [0.25, 0.3) is 16.0 Å². The van der Waals surface area contributed by atoms with E-state index in [-0.39, 0.29) is 16.9 Å². The molecule has 3 aromatic carbocycles. The highest BCUT2D eigenvalue weighted by Crippen LogP contribution is 2.36. The molecule has 0 radical (unpaired) electrons. The van der Waals surface area contributed by atoms with Crippen molar-refractivity contribution in [3.05, 3.63) is 106 Å². The second kappa shape index (κ2) is 8.62. The van der Waals surface area contributed by atoms with E-state index in [0.29, 0.717) is 11.0 Å². The van der Waals surface area contributed by atoms with Crippen molar-refractivity contribution in [2.45, 2.75) is 24.8 Å². The van der Waals surface area contributed by atoms with Crippen molar-refractivity contribution < 1.29 is 8.42 Å². The molecule has 5 rings (SSSR count).